The second kappa shape index (κ2) is 5.38. The van der Waals surface area contributed by atoms with Crippen molar-refractivity contribution in [2.75, 3.05) is 13.1 Å². The molecule has 1 aliphatic heterocycles. The second-order valence-electron chi connectivity index (χ2n) is 4.89. The lowest BCUT2D eigenvalue weighted by Crippen LogP contribution is -2.41. The van der Waals surface area contributed by atoms with Crippen LogP contribution in [0.25, 0.3) is 0 Å². The summed E-state index contributed by atoms with van der Waals surface area (Å²) in [6.07, 6.45) is 5.11. The molecule has 0 aromatic rings. The van der Waals surface area contributed by atoms with Crippen LogP contribution in [0.5, 0.6) is 0 Å². The number of carboxylic acids is 1. The molecule has 1 N–H and O–H groups in total. The Kier molecular flexibility index (Phi) is 3.86. The van der Waals surface area contributed by atoms with Gasteiger partial charge < -0.3 is 14.7 Å². The molecular formula is C12H19NO4. The molecule has 1 saturated carbocycles. The van der Waals surface area contributed by atoms with Gasteiger partial charge in [0.25, 0.3) is 0 Å². The summed E-state index contributed by atoms with van der Waals surface area (Å²) in [7, 11) is 0. The Balaban J connectivity index is 1.75. The van der Waals surface area contributed by atoms with Crippen molar-refractivity contribution in [2.45, 2.75) is 44.6 Å². The van der Waals surface area contributed by atoms with E-state index in [2.05, 4.69) is 0 Å². The van der Waals surface area contributed by atoms with Crippen LogP contribution in [0.1, 0.15) is 38.5 Å². The maximum Gasteiger partial charge on any atom is 0.410 e. The maximum atomic E-state index is 11.8. The summed E-state index contributed by atoms with van der Waals surface area (Å²) >= 11 is 0. The van der Waals surface area contributed by atoms with Gasteiger partial charge in [-0.2, -0.15) is 0 Å². The summed E-state index contributed by atoms with van der Waals surface area (Å²) in [6, 6.07) is 0. The van der Waals surface area contributed by atoms with Crippen molar-refractivity contribution in [2.24, 2.45) is 5.92 Å². The molecule has 2 rings (SSSR count). The zero-order chi connectivity index (χ0) is 12.3. The molecule has 1 aliphatic carbocycles. The van der Waals surface area contributed by atoms with E-state index in [0.717, 1.165) is 25.7 Å². The van der Waals surface area contributed by atoms with Crippen LogP contribution in [0, 0.1) is 5.92 Å². The number of ether oxygens (including phenoxy) is 1. The third-order valence-corrected chi connectivity index (χ3v) is 3.67. The molecule has 0 aromatic heterocycles. The standard InChI is InChI=1S/C12H19NO4/c14-11(15)9-5-7-13(8-6-9)12(16)17-10-3-1-2-4-10/h9-10H,1-8H2,(H,14,15). The fourth-order valence-corrected chi connectivity index (χ4v) is 2.53. The van der Waals surface area contributed by atoms with Crippen LogP contribution in [0.2, 0.25) is 0 Å². The summed E-state index contributed by atoms with van der Waals surface area (Å²) < 4.78 is 5.39. The number of aliphatic carboxylic acids is 1. The SMILES string of the molecule is O=C(O)C1CCN(C(=O)OC2CCCC2)CC1. The molecule has 0 radical (unpaired) electrons. The summed E-state index contributed by atoms with van der Waals surface area (Å²) in [6.45, 7) is 1.01. The number of hydrogen-bond acceptors (Lipinski definition) is 3. The number of carbonyl (C=O) groups excluding carboxylic acids is 1. The first-order chi connectivity index (χ1) is 8.16. The Bertz CT molecular complexity index is 291. The normalized spacial score (nSPS) is 22.7. The molecule has 0 aromatic carbocycles. The lowest BCUT2D eigenvalue weighted by atomic mass is 9.97. The maximum absolute atomic E-state index is 11.8. The average Bonchev–Trinajstić information content (AvgIpc) is 2.82. The van der Waals surface area contributed by atoms with E-state index in [9.17, 15) is 9.59 Å². The molecule has 5 heteroatoms. The van der Waals surface area contributed by atoms with E-state index in [0.29, 0.717) is 25.9 Å². The van der Waals surface area contributed by atoms with Crippen LogP contribution in [-0.2, 0) is 9.53 Å². The number of nitrogens with zero attached hydrogens (tertiary/aromatic N) is 1. The van der Waals surface area contributed by atoms with E-state index < -0.39 is 5.97 Å². The van der Waals surface area contributed by atoms with Crippen molar-refractivity contribution in [1.29, 1.82) is 0 Å². The average molecular weight is 241 g/mol. The molecule has 96 valence electrons. The molecular weight excluding hydrogens is 222 g/mol. The smallest absolute Gasteiger partial charge is 0.410 e. The second-order valence-corrected chi connectivity index (χ2v) is 4.89. The largest absolute Gasteiger partial charge is 0.481 e. The minimum atomic E-state index is -0.756. The van der Waals surface area contributed by atoms with Gasteiger partial charge in [-0.1, -0.05) is 0 Å². The van der Waals surface area contributed by atoms with Gasteiger partial charge in [-0.3, -0.25) is 4.79 Å². The van der Waals surface area contributed by atoms with Crippen LogP contribution < -0.4 is 0 Å². The lowest BCUT2D eigenvalue weighted by Gasteiger charge is -2.30. The van der Waals surface area contributed by atoms with Crippen LogP contribution in [-0.4, -0.2) is 41.3 Å². The van der Waals surface area contributed by atoms with Crippen molar-refractivity contribution >= 4 is 12.1 Å². The van der Waals surface area contributed by atoms with Crippen molar-refractivity contribution in [3.05, 3.63) is 0 Å². The van der Waals surface area contributed by atoms with Gasteiger partial charge in [0.15, 0.2) is 0 Å². The molecule has 1 heterocycles. The number of hydrogen-bond donors (Lipinski definition) is 1. The zero-order valence-electron chi connectivity index (χ0n) is 9.93. The van der Waals surface area contributed by atoms with Gasteiger partial charge in [0.2, 0.25) is 0 Å². The first-order valence-corrected chi connectivity index (χ1v) is 6.35. The fourth-order valence-electron chi connectivity index (χ4n) is 2.53. The molecule has 0 unspecified atom stereocenters. The molecule has 1 saturated heterocycles. The quantitative estimate of drug-likeness (QED) is 0.801. The van der Waals surface area contributed by atoms with Crippen LogP contribution >= 0.6 is 0 Å². The van der Waals surface area contributed by atoms with Crippen molar-refractivity contribution < 1.29 is 19.4 Å². The van der Waals surface area contributed by atoms with Crippen LogP contribution in [0.4, 0.5) is 4.79 Å². The van der Waals surface area contributed by atoms with E-state index in [-0.39, 0.29) is 18.1 Å². The Labute approximate surface area is 101 Å². The van der Waals surface area contributed by atoms with E-state index in [1.165, 1.54) is 0 Å². The highest BCUT2D eigenvalue weighted by atomic mass is 16.6. The topological polar surface area (TPSA) is 66.8 Å². The van der Waals surface area contributed by atoms with Gasteiger partial charge in [0, 0.05) is 13.1 Å². The predicted octanol–water partition coefficient (Wildman–Crippen LogP) is 1.86. The number of likely N-dealkylation sites (tertiary alicyclic amines) is 1. The van der Waals surface area contributed by atoms with Gasteiger partial charge in [-0.15, -0.1) is 0 Å². The zero-order valence-corrected chi connectivity index (χ0v) is 9.93. The van der Waals surface area contributed by atoms with Gasteiger partial charge >= 0.3 is 12.1 Å². The highest BCUT2D eigenvalue weighted by Gasteiger charge is 2.29. The highest BCUT2D eigenvalue weighted by molar-refractivity contribution is 5.71. The third-order valence-electron chi connectivity index (χ3n) is 3.67. The van der Waals surface area contributed by atoms with E-state index >= 15 is 0 Å². The Morgan fingerprint density at radius 1 is 1.06 bits per heavy atom. The van der Waals surface area contributed by atoms with E-state index in [1.54, 1.807) is 4.90 Å². The molecule has 0 spiro atoms. The van der Waals surface area contributed by atoms with Crippen molar-refractivity contribution in [1.82, 2.24) is 4.90 Å². The van der Waals surface area contributed by atoms with Gasteiger partial charge in [0.1, 0.15) is 6.10 Å². The minimum absolute atomic E-state index is 0.0831. The summed E-state index contributed by atoms with van der Waals surface area (Å²) in [5.41, 5.74) is 0. The summed E-state index contributed by atoms with van der Waals surface area (Å²) in [5, 5.41) is 8.86. The molecule has 5 nitrogen and oxygen atoms in total. The van der Waals surface area contributed by atoms with Gasteiger partial charge in [-0.05, 0) is 38.5 Å². The predicted molar refractivity (Wildman–Crippen MR) is 60.7 cm³/mol. The molecule has 17 heavy (non-hydrogen) atoms. The monoisotopic (exact) mass is 241 g/mol. The highest BCUT2D eigenvalue weighted by Crippen LogP contribution is 2.23. The molecule has 1 amide bonds. The van der Waals surface area contributed by atoms with Crippen molar-refractivity contribution in [3.63, 3.8) is 0 Å². The summed E-state index contributed by atoms with van der Waals surface area (Å²) in [5.74, 6) is -1.06. The van der Waals surface area contributed by atoms with E-state index in [1.807, 2.05) is 0 Å². The summed E-state index contributed by atoms with van der Waals surface area (Å²) in [4.78, 5) is 24.2. The third kappa shape index (κ3) is 3.11. The first kappa shape index (κ1) is 12.2. The number of rotatable bonds is 2. The minimum Gasteiger partial charge on any atom is -0.481 e. The molecule has 2 aliphatic rings. The molecule has 2 fully saturated rings. The first-order valence-electron chi connectivity index (χ1n) is 6.35. The van der Waals surface area contributed by atoms with Gasteiger partial charge in [0.05, 0.1) is 5.92 Å². The number of carboxylic acid groups (broad SMARTS) is 1. The molecule has 0 bridgehead atoms. The van der Waals surface area contributed by atoms with Crippen LogP contribution in [0.3, 0.4) is 0 Å². The van der Waals surface area contributed by atoms with Crippen LogP contribution in [0.15, 0.2) is 0 Å². The van der Waals surface area contributed by atoms with Gasteiger partial charge in [-0.25, -0.2) is 4.79 Å². The van der Waals surface area contributed by atoms with E-state index in [4.69, 9.17) is 9.84 Å². The van der Waals surface area contributed by atoms with Crippen molar-refractivity contribution in [3.8, 4) is 0 Å². The number of amides is 1. The fraction of sp³-hybridized carbons (Fsp3) is 0.833. The number of carbonyl (C=O) groups is 2. The molecule has 0 atom stereocenters. The lowest BCUT2D eigenvalue weighted by molar-refractivity contribution is -0.143. The Morgan fingerprint density at radius 2 is 1.65 bits per heavy atom. The Hall–Kier alpha value is -1.26. The number of piperidine rings is 1. The Morgan fingerprint density at radius 3 is 2.18 bits per heavy atom.